The van der Waals surface area contributed by atoms with Gasteiger partial charge in [0, 0.05) is 18.7 Å². The molecule has 0 spiro atoms. The molecule has 0 radical (unpaired) electrons. The second-order valence-corrected chi connectivity index (χ2v) is 8.97. The van der Waals surface area contributed by atoms with Crippen LogP contribution in [0.2, 0.25) is 5.02 Å². The van der Waals surface area contributed by atoms with Crippen molar-refractivity contribution >= 4 is 44.9 Å². The first-order valence-electron chi connectivity index (χ1n) is 9.36. The van der Waals surface area contributed by atoms with E-state index in [-0.39, 0.29) is 41.4 Å². The molecule has 2 aromatic carbocycles. The molecule has 9 nitrogen and oxygen atoms in total. The SMILES string of the molecule is COCCOc1ccc(CCNC(=O)c2cc(Cl)ccc2OC)cc1S(=O)(=O)NC(N)=S. The zero-order chi connectivity index (χ0) is 23.7. The largest absolute Gasteiger partial charge is 0.496 e. The molecule has 2 rings (SSSR count). The summed E-state index contributed by atoms with van der Waals surface area (Å²) in [6.45, 7) is 0.673. The van der Waals surface area contributed by atoms with E-state index in [1.165, 1.54) is 32.4 Å². The molecule has 12 heteroatoms. The number of thiocarbonyl (C=S) groups is 1. The first-order chi connectivity index (χ1) is 15.2. The quantitative estimate of drug-likeness (QED) is 0.314. The summed E-state index contributed by atoms with van der Waals surface area (Å²) < 4.78 is 43.0. The molecule has 0 aliphatic heterocycles. The number of methoxy groups -OCH3 is 2. The highest BCUT2D eigenvalue weighted by molar-refractivity contribution is 7.92. The molecule has 0 saturated heterocycles. The Kier molecular flexibility index (Phi) is 9.51. The molecule has 1 amide bonds. The number of amides is 1. The van der Waals surface area contributed by atoms with Gasteiger partial charge in [-0.25, -0.2) is 8.42 Å². The van der Waals surface area contributed by atoms with Crippen molar-refractivity contribution in [1.82, 2.24) is 10.0 Å². The van der Waals surface area contributed by atoms with Crippen LogP contribution in [0.3, 0.4) is 0 Å². The van der Waals surface area contributed by atoms with Gasteiger partial charge in [0.15, 0.2) is 5.11 Å². The Labute approximate surface area is 197 Å². The molecule has 0 heterocycles. The number of nitrogens with two attached hydrogens (primary N) is 1. The van der Waals surface area contributed by atoms with Crippen LogP contribution in [0.25, 0.3) is 0 Å². The number of hydrogen-bond acceptors (Lipinski definition) is 7. The van der Waals surface area contributed by atoms with Gasteiger partial charge in [0.1, 0.15) is 23.0 Å². The Bertz CT molecular complexity index is 1080. The molecule has 0 atom stereocenters. The Morgan fingerprint density at radius 2 is 1.84 bits per heavy atom. The lowest BCUT2D eigenvalue weighted by molar-refractivity contribution is 0.0951. The second kappa shape index (κ2) is 11.9. The normalized spacial score (nSPS) is 11.0. The Morgan fingerprint density at radius 3 is 2.50 bits per heavy atom. The topological polar surface area (TPSA) is 129 Å². The summed E-state index contributed by atoms with van der Waals surface area (Å²) in [4.78, 5) is 12.4. The van der Waals surface area contributed by atoms with Crippen LogP contribution in [-0.2, 0) is 21.2 Å². The van der Waals surface area contributed by atoms with Gasteiger partial charge in [0.25, 0.3) is 15.9 Å². The average molecular weight is 502 g/mol. The summed E-state index contributed by atoms with van der Waals surface area (Å²) in [5.74, 6) is 0.149. The fraction of sp³-hybridized carbons (Fsp3) is 0.300. The number of carbonyl (C=O) groups is 1. The molecule has 0 bridgehead atoms. The number of hydrogen-bond donors (Lipinski definition) is 3. The molecule has 0 aliphatic rings. The van der Waals surface area contributed by atoms with Gasteiger partial charge >= 0.3 is 0 Å². The van der Waals surface area contributed by atoms with E-state index in [0.29, 0.717) is 28.3 Å². The molecular formula is C20H24ClN3O6S2. The van der Waals surface area contributed by atoms with Crippen LogP contribution in [-0.4, -0.2) is 53.4 Å². The van der Waals surface area contributed by atoms with Crippen molar-refractivity contribution in [1.29, 1.82) is 0 Å². The molecule has 0 fully saturated rings. The molecule has 32 heavy (non-hydrogen) atoms. The van der Waals surface area contributed by atoms with E-state index in [9.17, 15) is 13.2 Å². The Morgan fingerprint density at radius 1 is 1.12 bits per heavy atom. The van der Waals surface area contributed by atoms with Gasteiger partial charge in [-0.15, -0.1) is 0 Å². The van der Waals surface area contributed by atoms with Crippen molar-refractivity contribution in [3.05, 3.63) is 52.5 Å². The number of carbonyl (C=O) groups excluding carboxylic acids is 1. The molecular weight excluding hydrogens is 478 g/mol. The summed E-state index contributed by atoms with van der Waals surface area (Å²) in [6.07, 6.45) is 0.350. The molecule has 0 aliphatic carbocycles. The van der Waals surface area contributed by atoms with Crippen LogP contribution in [0.1, 0.15) is 15.9 Å². The first kappa shape index (κ1) is 25.7. The van der Waals surface area contributed by atoms with Crippen molar-refractivity contribution < 1.29 is 27.4 Å². The molecule has 174 valence electrons. The number of sulfonamides is 1. The molecule has 4 N–H and O–H groups in total. The van der Waals surface area contributed by atoms with E-state index in [0.717, 1.165) is 0 Å². The highest BCUT2D eigenvalue weighted by atomic mass is 35.5. The van der Waals surface area contributed by atoms with Crippen molar-refractivity contribution in [2.24, 2.45) is 5.73 Å². The summed E-state index contributed by atoms with van der Waals surface area (Å²) in [6, 6.07) is 9.40. The van der Waals surface area contributed by atoms with Gasteiger partial charge in [-0.1, -0.05) is 17.7 Å². The van der Waals surface area contributed by atoms with Crippen LogP contribution in [0.4, 0.5) is 0 Å². The summed E-state index contributed by atoms with van der Waals surface area (Å²) in [5, 5.41) is 2.78. The maximum absolute atomic E-state index is 12.6. The minimum atomic E-state index is -4.05. The van der Waals surface area contributed by atoms with Gasteiger partial charge in [-0.3, -0.25) is 9.52 Å². The van der Waals surface area contributed by atoms with Gasteiger partial charge in [0.05, 0.1) is 19.3 Å². The van der Waals surface area contributed by atoms with Crippen LogP contribution < -0.4 is 25.2 Å². The van der Waals surface area contributed by atoms with Crippen molar-refractivity contribution in [3.8, 4) is 11.5 Å². The number of nitrogens with one attached hydrogen (secondary N) is 2. The molecule has 0 aromatic heterocycles. The van der Waals surface area contributed by atoms with Crippen LogP contribution >= 0.6 is 23.8 Å². The van der Waals surface area contributed by atoms with Crippen LogP contribution in [0.15, 0.2) is 41.3 Å². The minimum Gasteiger partial charge on any atom is -0.496 e. The van der Waals surface area contributed by atoms with E-state index < -0.39 is 10.0 Å². The third-order valence-corrected chi connectivity index (χ3v) is 6.04. The van der Waals surface area contributed by atoms with Gasteiger partial charge in [-0.2, -0.15) is 0 Å². The molecule has 0 saturated carbocycles. The van der Waals surface area contributed by atoms with E-state index in [1.807, 2.05) is 0 Å². The Hall–Kier alpha value is -2.60. The number of benzene rings is 2. The van der Waals surface area contributed by atoms with Gasteiger partial charge in [0.2, 0.25) is 0 Å². The van der Waals surface area contributed by atoms with E-state index >= 15 is 0 Å². The lowest BCUT2D eigenvalue weighted by Gasteiger charge is -2.14. The number of halogens is 1. The minimum absolute atomic E-state index is 0.123. The highest BCUT2D eigenvalue weighted by Crippen LogP contribution is 2.26. The second-order valence-electron chi connectivity index (χ2n) is 6.44. The van der Waals surface area contributed by atoms with E-state index in [2.05, 4.69) is 22.3 Å². The molecule has 0 unspecified atom stereocenters. The zero-order valence-electron chi connectivity index (χ0n) is 17.5. The fourth-order valence-electron chi connectivity index (χ4n) is 2.73. The number of ether oxygens (including phenoxy) is 3. The van der Waals surface area contributed by atoms with E-state index in [1.54, 1.807) is 18.2 Å². The fourth-order valence-corrected chi connectivity index (χ4v) is 4.31. The van der Waals surface area contributed by atoms with Crippen LogP contribution in [0, 0.1) is 0 Å². The summed E-state index contributed by atoms with van der Waals surface area (Å²) in [7, 11) is -1.09. The monoisotopic (exact) mass is 501 g/mol. The number of rotatable bonds is 11. The summed E-state index contributed by atoms with van der Waals surface area (Å²) in [5.41, 5.74) is 6.28. The first-order valence-corrected chi connectivity index (χ1v) is 11.6. The van der Waals surface area contributed by atoms with Crippen molar-refractivity contribution in [2.45, 2.75) is 11.3 Å². The smallest absolute Gasteiger partial charge is 0.267 e. The lowest BCUT2D eigenvalue weighted by Crippen LogP contribution is -2.35. The third-order valence-electron chi connectivity index (χ3n) is 4.18. The predicted molar refractivity (Wildman–Crippen MR) is 125 cm³/mol. The molecule has 2 aromatic rings. The van der Waals surface area contributed by atoms with Gasteiger partial charge in [-0.05, 0) is 54.5 Å². The highest BCUT2D eigenvalue weighted by Gasteiger charge is 2.21. The van der Waals surface area contributed by atoms with Crippen molar-refractivity contribution in [2.75, 3.05) is 34.0 Å². The average Bonchev–Trinajstić information content (AvgIpc) is 2.73. The standard InChI is InChI=1S/C20H24ClN3O6S2/c1-28-9-10-30-17-5-3-13(11-18(17)32(26,27)24-20(22)31)7-8-23-19(25)15-12-14(21)4-6-16(15)29-2/h3-6,11-12H,7-10H2,1-2H3,(H,23,25)(H3,22,24,31). The predicted octanol–water partition coefficient (Wildman–Crippen LogP) is 1.87. The maximum atomic E-state index is 12.6. The summed E-state index contributed by atoms with van der Waals surface area (Å²) >= 11 is 10.6. The third kappa shape index (κ3) is 7.23. The lowest BCUT2D eigenvalue weighted by atomic mass is 10.1. The zero-order valence-corrected chi connectivity index (χ0v) is 19.9. The van der Waals surface area contributed by atoms with Crippen LogP contribution in [0.5, 0.6) is 11.5 Å². The van der Waals surface area contributed by atoms with Gasteiger partial charge < -0.3 is 25.3 Å². The Balaban J connectivity index is 2.16. The van der Waals surface area contributed by atoms with Crippen molar-refractivity contribution in [3.63, 3.8) is 0 Å². The maximum Gasteiger partial charge on any atom is 0.267 e. The van der Waals surface area contributed by atoms with E-state index in [4.69, 9.17) is 31.5 Å².